The molecule has 5 nitrogen and oxygen atoms in total. The Hall–Kier alpha value is -2.08. The Morgan fingerprint density at radius 1 is 1.38 bits per heavy atom. The van der Waals surface area contributed by atoms with Crippen molar-refractivity contribution in [3.63, 3.8) is 0 Å². The maximum absolute atomic E-state index is 11.7. The number of carbonyl (C=O) groups excluding carboxylic acids is 1. The maximum Gasteiger partial charge on any atom is 0.230 e. The number of nitrogens with zero attached hydrogens (tertiary/aromatic N) is 3. The first-order valence-corrected chi connectivity index (χ1v) is 7.60. The van der Waals surface area contributed by atoms with Gasteiger partial charge in [-0.25, -0.2) is 0 Å². The van der Waals surface area contributed by atoms with E-state index in [1.54, 1.807) is 6.08 Å². The summed E-state index contributed by atoms with van der Waals surface area (Å²) < 4.78 is 1.97. The number of benzene rings is 1. The molecule has 0 unspecified atom stereocenters. The molecule has 0 aliphatic heterocycles. The molecular weight excluding hydrogens is 284 g/mol. The fourth-order valence-corrected chi connectivity index (χ4v) is 2.72. The van der Waals surface area contributed by atoms with Gasteiger partial charge in [0, 0.05) is 6.54 Å². The van der Waals surface area contributed by atoms with E-state index in [0.717, 1.165) is 22.2 Å². The summed E-state index contributed by atoms with van der Waals surface area (Å²) >= 11 is 1.37. The molecule has 1 heterocycles. The zero-order valence-corrected chi connectivity index (χ0v) is 13.0. The van der Waals surface area contributed by atoms with Gasteiger partial charge in [0.1, 0.15) is 5.82 Å². The van der Waals surface area contributed by atoms with Crippen LogP contribution in [0.2, 0.25) is 0 Å². The van der Waals surface area contributed by atoms with Crippen LogP contribution in [-0.2, 0) is 4.79 Å². The Labute approximate surface area is 128 Å². The van der Waals surface area contributed by atoms with Crippen LogP contribution in [0.25, 0.3) is 5.69 Å². The maximum atomic E-state index is 11.7. The fourth-order valence-electron chi connectivity index (χ4n) is 1.90. The van der Waals surface area contributed by atoms with Crippen LogP contribution in [0.15, 0.2) is 42.1 Å². The fraction of sp³-hybridized carbons (Fsp3) is 0.267. The van der Waals surface area contributed by atoms with E-state index in [-0.39, 0.29) is 5.91 Å². The molecule has 0 aliphatic rings. The lowest BCUT2D eigenvalue weighted by atomic mass is 10.2. The van der Waals surface area contributed by atoms with Gasteiger partial charge in [-0.15, -0.1) is 16.8 Å². The van der Waals surface area contributed by atoms with E-state index in [0.29, 0.717) is 12.3 Å². The highest BCUT2D eigenvalue weighted by atomic mass is 32.2. The normalized spacial score (nSPS) is 10.4. The SMILES string of the molecule is C=CCNC(=O)CSc1nnc(C)n1-c1ccccc1C. The van der Waals surface area contributed by atoms with Gasteiger partial charge in [0.05, 0.1) is 11.4 Å². The van der Waals surface area contributed by atoms with E-state index in [1.807, 2.05) is 42.7 Å². The Kier molecular flexibility index (Phi) is 5.16. The third-order valence-electron chi connectivity index (χ3n) is 2.93. The second-order valence-corrected chi connectivity index (χ2v) is 5.48. The molecule has 1 amide bonds. The number of hydrogen-bond donors (Lipinski definition) is 1. The first kappa shape index (κ1) is 15.3. The van der Waals surface area contributed by atoms with Gasteiger partial charge in [-0.05, 0) is 25.5 Å². The van der Waals surface area contributed by atoms with Gasteiger partial charge >= 0.3 is 0 Å². The molecule has 0 aliphatic carbocycles. The average molecular weight is 302 g/mol. The topological polar surface area (TPSA) is 59.8 Å². The predicted octanol–water partition coefficient (Wildman–Crippen LogP) is 2.28. The molecule has 0 radical (unpaired) electrons. The second kappa shape index (κ2) is 7.08. The first-order chi connectivity index (χ1) is 10.1. The lowest BCUT2D eigenvalue weighted by molar-refractivity contribution is -0.118. The molecule has 0 saturated carbocycles. The largest absolute Gasteiger partial charge is 0.352 e. The minimum Gasteiger partial charge on any atom is -0.352 e. The van der Waals surface area contributed by atoms with Gasteiger partial charge < -0.3 is 5.32 Å². The highest BCUT2D eigenvalue weighted by Gasteiger charge is 2.14. The minimum absolute atomic E-state index is 0.0445. The zero-order chi connectivity index (χ0) is 15.2. The molecular formula is C15H18N4OS. The van der Waals surface area contributed by atoms with Crippen molar-refractivity contribution in [1.29, 1.82) is 0 Å². The summed E-state index contributed by atoms with van der Waals surface area (Å²) in [6.07, 6.45) is 1.66. The summed E-state index contributed by atoms with van der Waals surface area (Å²) in [5.74, 6) is 1.06. The van der Waals surface area contributed by atoms with Crippen LogP contribution in [0.1, 0.15) is 11.4 Å². The van der Waals surface area contributed by atoms with Crippen LogP contribution in [0.5, 0.6) is 0 Å². The Morgan fingerprint density at radius 3 is 2.86 bits per heavy atom. The van der Waals surface area contributed by atoms with Crippen molar-refractivity contribution in [3.05, 3.63) is 48.3 Å². The van der Waals surface area contributed by atoms with E-state index in [1.165, 1.54) is 11.8 Å². The van der Waals surface area contributed by atoms with Gasteiger partial charge in [-0.3, -0.25) is 9.36 Å². The minimum atomic E-state index is -0.0445. The highest BCUT2D eigenvalue weighted by Crippen LogP contribution is 2.23. The van der Waals surface area contributed by atoms with Crippen LogP contribution < -0.4 is 5.32 Å². The Balaban J connectivity index is 2.17. The number of aromatic nitrogens is 3. The summed E-state index contributed by atoms with van der Waals surface area (Å²) in [6, 6.07) is 8.04. The van der Waals surface area contributed by atoms with E-state index < -0.39 is 0 Å². The Bertz CT molecular complexity index is 651. The van der Waals surface area contributed by atoms with Gasteiger partial charge in [0.15, 0.2) is 5.16 Å². The quantitative estimate of drug-likeness (QED) is 0.657. The molecule has 0 atom stereocenters. The summed E-state index contributed by atoms with van der Waals surface area (Å²) in [4.78, 5) is 11.7. The van der Waals surface area contributed by atoms with Crippen LogP contribution in [0.3, 0.4) is 0 Å². The summed E-state index contributed by atoms with van der Waals surface area (Å²) in [6.45, 7) is 7.99. The molecule has 21 heavy (non-hydrogen) atoms. The third kappa shape index (κ3) is 3.72. The number of hydrogen-bond acceptors (Lipinski definition) is 4. The van der Waals surface area contributed by atoms with E-state index in [2.05, 4.69) is 22.1 Å². The van der Waals surface area contributed by atoms with Crippen molar-refractivity contribution < 1.29 is 4.79 Å². The first-order valence-electron chi connectivity index (χ1n) is 6.62. The molecule has 0 fully saturated rings. The smallest absolute Gasteiger partial charge is 0.230 e. The lowest BCUT2D eigenvalue weighted by Crippen LogP contribution is -2.25. The average Bonchev–Trinajstić information content (AvgIpc) is 2.84. The molecule has 1 aromatic heterocycles. The molecule has 1 aromatic carbocycles. The molecule has 110 valence electrons. The molecule has 2 aromatic rings. The van der Waals surface area contributed by atoms with Crippen molar-refractivity contribution in [2.45, 2.75) is 19.0 Å². The highest BCUT2D eigenvalue weighted by molar-refractivity contribution is 7.99. The number of thioether (sulfide) groups is 1. The van der Waals surface area contributed by atoms with E-state index in [4.69, 9.17) is 0 Å². The van der Waals surface area contributed by atoms with Crippen LogP contribution in [0, 0.1) is 13.8 Å². The van der Waals surface area contributed by atoms with Crippen molar-refractivity contribution >= 4 is 17.7 Å². The summed E-state index contributed by atoms with van der Waals surface area (Å²) in [7, 11) is 0. The van der Waals surface area contributed by atoms with Crippen LogP contribution in [-0.4, -0.2) is 33.0 Å². The summed E-state index contributed by atoms with van der Waals surface area (Å²) in [5, 5.41) is 11.7. The second-order valence-electron chi connectivity index (χ2n) is 4.53. The summed E-state index contributed by atoms with van der Waals surface area (Å²) in [5.41, 5.74) is 2.17. The van der Waals surface area contributed by atoms with Crippen molar-refractivity contribution in [1.82, 2.24) is 20.1 Å². The molecule has 0 saturated heterocycles. The van der Waals surface area contributed by atoms with Crippen molar-refractivity contribution in [2.75, 3.05) is 12.3 Å². The van der Waals surface area contributed by atoms with Gasteiger partial charge in [-0.1, -0.05) is 36.0 Å². The van der Waals surface area contributed by atoms with Crippen LogP contribution in [0.4, 0.5) is 0 Å². The number of rotatable bonds is 6. The molecule has 1 N–H and O–H groups in total. The molecule has 6 heteroatoms. The van der Waals surface area contributed by atoms with Gasteiger partial charge in [0.25, 0.3) is 0 Å². The Morgan fingerprint density at radius 2 is 2.14 bits per heavy atom. The lowest BCUT2D eigenvalue weighted by Gasteiger charge is -2.10. The molecule has 2 rings (SSSR count). The number of nitrogens with one attached hydrogen (secondary N) is 1. The predicted molar refractivity (Wildman–Crippen MR) is 84.8 cm³/mol. The van der Waals surface area contributed by atoms with E-state index >= 15 is 0 Å². The van der Waals surface area contributed by atoms with Crippen molar-refractivity contribution in [3.8, 4) is 5.69 Å². The number of para-hydroxylation sites is 1. The molecule has 0 bridgehead atoms. The van der Waals surface area contributed by atoms with Gasteiger partial charge in [0.2, 0.25) is 5.91 Å². The standard InChI is InChI=1S/C15H18N4OS/c1-4-9-16-14(20)10-21-15-18-17-12(3)19(15)13-8-6-5-7-11(13)2/h4-8H,1,9-10H2,2-3H3,(H,16,20). The van der Waals surface area contributed by atoms with Gasteiger partial charge in [-0.2, -0.15) is 0 Å². The third-order valence-corrected chi connectivity index (χ3v) is 3.86. The number of carbonyl (C=O) groups is 1. The monoisotopic (exact) mass is 302 g/mol. The zero-order valence-electron chi connectivity index (χ0n) is 12.2. The number of aryl methyl sites for hydroxylation is 2. The molecule has 0 spiro atoms. The van der Waals surface area contributed by atoms with Crippen molar-refractivity contribution in [2.24, 2.45) is 0 Å². The van der Waals surface area contributed by atoms with E-state index in [9.17, 15) is 4.79 Å². The number of amides is 1. The van der Waals surface area contributed by atoms with Crippen LogP contribution >= 0.6 is 11.8 Å².